The first kappa shape index (κ1) is 12.8. The number of hydrogen-bond acceptors (Lipinski definition) is 5. The maximum Gasteiger partial charge on any atom is 0.274 e. The van der Waals surface area contributed by atoms with Crippen LogP contribution < -0.4 is 5.32 Å². The molecule has 18 heavy (non-hydrogen) atoms. The zero-order valence-electron chi connectivity index (χ0n) is 10.7. The molecule has 0 aromatic carbocycles. The van der Waals surface area contributed by atoms with Crippen LogP contribution in [0.15, 0.2) is 12.1 Å². The van der Waals surface area contributed by atoms with Gasteiger partial charge in [-0.1, -0.05) is 0 Å². The summed E-state index contributed by atoms with van der Waals surface area (Å²) in [4.78, 5) is 13.7. The zero-order chi connectivity index (χ0) is 13.2. The molecule has 98 valence electrons. The third-order valence-electron chi connectivity index (χ3n) is 2.98. The maximum atomic E-state index is 12.1. The van der Waals surface area contributed by atoms with Crippen molar-refractivity contribution in [2.75, 3.05) is 25.0 Å². The Labute approximate surface area is 106 Å². The average molecular weight is 250 g/mol. The molecule has 0 saturated carbocycles. The van der Waals surface area contributed by atoms with E-state index in [9.17, 15) is 9.90 Å². The Bertz CT molecular complexity index is 430. The number of aromatic nitrogens is 2. The molecular weight excluding hydrogens is 232 g/mol. The molecule has 6 nitrogen and oxygen atoms in total. The Morgan fingerprint density at radius 3 is 2.83 bits per heavy atom. The number of carbonyl (C=O) groups is 1. The Balaban J connectivity index is 2.05. The Kier molecular flexibility index (Phi) is 3.47. The van der Waals surface area contributed by atoms with Gasteiger partial charge in [0, 0.05) is 19.6 Å². The van der Waals surface area contributed by atoms with Crippen molar-refractivity contribution in [3.8, 4) is 0 Å². The number of hydrogen-bond donors (Lipinski definition) is 2. The topological polar surface area (TPSA) is 78.4 Å². The fraction of sp³-hybridized carbons (Fsp3) is 0.583. The first-order valence-electron chi connectivity index (χ1n) is 6.11. The van der Waals surface area contributed by atoms with Gasteiger partial charge in [-0.05, 0) is 32.4 Å². The van der Waals surface area contributed by atoms with Gasteiger partial charge in [-0.25, -0.2) is 0 Å². The SMILES string of the molecule is CCNc1ccc(C(=O)N2CCC(C)(O)C2)nn1. The molecule has 0 bridgehead atoms. The Hall–Kier alpha value is -1.69. The van der Waals surface area contributed by atoms with Crippen molar-refractivity contribution in [2.24, 2.45) is 0 Å². The van der Waals surface area contributed by atoms with Gasteiger partial charge in [0.2, 0.25) is 0 Å². The van der Waals surface area contributed by atoms with Crippen LogP contribution in [-0.4, -0.2) is 51.3 Å². The highest BCUT2D eigenvalue weighted by Crippen LogP contribution is 2.21. The molecule has 1 aliphatic rings. The fourth-order valence-electron chi connectivity index (χ4n) is 2.00. The van der Waals surface area contributed by atoms with E-state index in [0.29, 0.717) is 31.0 Å². The summed E-state index contributed by atoms with van der Waals surface area (Å²) < 4.78 is 0. The van der Waals surface area contributed by atoms with Crippen molar-refractivity contribution in [3.05, 3.63) is 17.8 Å². The zero-order valence-corrected chi connectivity index (χ0v) is 10.7. The summed E-state index contributed by atoms with van der Waals surface area (Å²) in [5.74, 6) is 0.478. The van der Waals surface area contributed by atoms with Crippen LogP contribution in [0.1, 0.15) is 30.8 Å². The van der Waals surface area contributed by atoms with E-state index in [4.69, 9.17) is 0 Å². The normalized spacial score (nSPS) is 23.2. The van der Waals surface area contributed by atoms with Gasteiger partial charge >= 0.3 is 0 Å². The largest absolute Gasteiger partial charge is 0.388 e. The van der Waals surface area contributed by atoms with E-state index < -0.39 is 5.60 Å². The highest BCUT2D eigenvalue weighted by Gasteiger charge is 2.34. The Morgan fingerprint density at radius 2 is 2.33 bits per heavy atom. The molecule has 1 aromatic heterocycles. The summed E-state index contributed by atoms with van der Waals surface area (Å²) in [6, 6.07) is 3.39. The van der Waals surface area contributed by atoms with Crippen LogP contribution in [0.25, 0.3) is 0 Å². The van der Waals surface area contributed by atoms with Gasteiger partial charge in [0.1, 0.15) is 5.82 Å². The third kappa shape index (κ3) is 2.76. The first-order chi connectivity index (χ1) is 8.52. The summed E-state index contributed by atoms with van der Waals surface area (Å²) >= 11 is 0. The van der Waals surface area contributed by atoms with Gasteiger partial charge in [0.05, 0.1) is 5.60 Å². The Morgan fingerprint density at radius 1 is 1.56 bits per heavy atom. The predicted octanol–water partition coefficient (Wildman–Crippen LogP) is 0.505. The molecule has 0 aliphatic carbocycles. The number of nitrogens with one attached hydrogen (secondary N) is 1. The minimum Gasteiger partial charge on any atom is -0.388 e. The second-order valence-electron chi connectivity index (χ2n) is 4.81. The minimum atomic E-state index is -0.785. The second kappa shape index (κ2) is 4.89. The van der Waals surface area contributed by atoms with Crippen LogP contribution >= 0.6 is 0 Å². The lowest BCUT2D eigenvalue weighted by Crippen LogP contribution is -2.34. The van der Waals surface area contributed by atoms with E-state index in [-0.39, 0.29) is 5.91 Å². The fourth-order valence-corrected chi connectivity index (χ4v) is 2.00. The number of carbonyl (C=O) groups excluding carboxylic acids is 1. The summed E-state index contributed by atoms with van der Waals surface area (Å²) in [5, 5.41) is 20.7. The van der Waals surface area contributed by atoms with Gasteiger partial charge in [-0.2, -0.15) is 0 Å². The number of anilines is 1. The molecule has 2 N–H and O–H groups in total. The molecule has 1 unspecified atom stereocenters. The lowest BCUT2D eigenvalue weighted by molar-refractivity contribution is 0.0568. The molecule has 1 fully saturated rings. The van der Waals surface area contributed by atoms with Gasteiger partial charge in [0.25, 0.3) is 5.91 Å². The van der Waals surface area contributed by atoms with Gasteiger partial charge in [-0.3, -0.25) is 4.79 Å². The van der Waals surface area contributed by atoms with E-state index in [2.05, 4.69) is 15.5 Å². The number of amides is 1. The molecule has 0 radical (unpaired) electrons. The summed E-state index contributed by atoms with van der Waals surface area (Å²) in [6.07, 6.45) is 0.599. The van der Waals surface area contributed by atoms with E-state index in [1.807, 2.05) is 6.92 Å². The summed E-state index contributed by atoms with van der Waals surface area (Å²) in [7, 11) is 0. The van der Waals surface area contributed by atoms with Crippen LogP contribution in [0.5, 0.6) is 0 Å². The number of aliphatic hydroxyl groups is 1. The second-order valence-corrected chi connectivity index (χ2v) is 4.81. The van der Waals surface area contributed by atoms with E-state index in [1.165, 1.54) is 0 Å². The van der Waals surface area contributed by atoms with Crippen molar-refractivity contribution < 1.29 is 9.90 Å². The highest BCUT2D eigenvalue weighted by atomic mass is 16.3. The van der Waals surface area contributed by atoms with Crippen LogP contribution in [0, 0.1) is 0 Å². The average Bonchev–Trinajstić information content (AvgIpc) is 2.70. The summed E-state index contributed by atoms with van der Waals surface area (Å²) in [6.45, 7) is 5.37. The van der Waals surface area contributed by atoms with Crippen LogP contribution in [0.3, 0.4) is 0 Å². The molecule has 1 saturated heterocycles. The van der Waals surface area contributed by atoms with Gasteiger partial charge in [0.15, 0.2) is 5.69 Å². The lowest BCUT2D eigenvalue weighted by atomic mass is 10.1. The van der Waals surface area contributed by atoms with Crippen molar-refractivity contribution in [3.63, 3.8) is 0 Å². The van der Waals surface area contributed by atoms with Crippen molar-refractivity contribution in [2.45, 2.75) is 25.9 Å². The molecule has 6 heteroatoms. The first-order valence-corrected chi connectivity index (χ1v) is 6.11. The molecular formula is C12H18N4O2. The van der Waals surface area contributed by atoms with Crippen molar-refractivity contribution in [1.82, 2.24) is 15.1 Å². The van der Waals surface area contributed by atoms with E-state index >= 15 is 0 Å². The van der Waals surface area contributed by atoms with Crippen LogP contribution in [-0.2, 0) is 0 Å². The van der Waals surface area contributed by atoms with E-state index in [1.54, 1.807) is 24.0 Å². The maximum absolute atomic E-state index is 12.1. The number of nitrogens with zero attached hydrogens (tertiary/aromatic N) is 3. The molecule has 2 rings (SSSR count). The predicted molar refractivity (Wildman–Crippen MR) is 67.3 cm³/mol. The lowest BCUT2D eigenvalue weighted by Gasteiger charge is -2.18. The molecule has 0 spiro atoms. The van der Waals surface area contributed by atoms with Crippen LogP contribution in [0.4, 0.5) is 5.82 Å². The standard InChI is InChI=1S/C12H18N4O2/c1-3-13-10-5-4-9(14-15-10)11(17)16-7-6-12(2,18)8-16/h4-5,18H,3,6-8H2,1-2H3,(H,13,15). The molecule has 1 amide bonds. The van der Waals surface area contributed by atoms with Crippen molar-refractivity contribution in [1.29, 1.82) is 0 Å². The smallest absolute Gasteiger partial charge is 0.274 e. The molecule has 2 heterocycles. The minimum absolute atomic E-state index is 0.177. The molecule has 1 aromatic rings. The quantitative estimate of drug-likeness (QED) is 0.817. The third-order valence-corrected chi connectivity index (χ3v) is 2.98. The van der Waals surface area contributed by atoms with Crippen LogP contribution in [0.2, 0.25) is 0 Å². The monoisotopic (exact) mass is 250 g/mol. The van der Waals surface area contributed by atoms with Gasteiger partial charge in [-0.15, -0.1) is 10.2 Å². The number of β-amino-alcohol motifs (C(OH)–C–C–N with tert-alkyl or cyclic N) is 1. The number of rotatable bonds is 3. The summed E-state index contributed by atoms with van der Waals surface area (Å²) in [5.41, 5.74) is -0.471. The molecule has 1 aliphatic heterocycles. The highest BCUT2D eigenvalue weighted by molar-refractivity contribution is 5.92. The van der Waals surface area contributed by atoms with Crippen molar-refractivity contribution >= 4 is 11.7 Å². The van der Waals surface area contributed by atoms with E-state index in [0.717, 1.165) is 6.54 Å². The molecule has 1 atom stereocenters. The van der Waals surface area contributed by atoms with Gasteiger partial charge < -0.3 is 15.3 Å². The number of likely N-dealkylation sites (tertiary alicyclic amines) is 1.